The summed E-state index contributed by atoms with van der Waals surface area (Å²) in [4.78, 5) is 6.51. The first-order valence-electron chi connectivity index (χ1n) is 13.3. The SMILES string of the molecule is CC1=C2C=C3C(O)C(O)C(N(C)C)CC34CCC2(O4)C2CC=C(c3ccc4nc(C)oc4c3)C2(C)C1. The summed E-state index contributed by atoms with van der Waals surface area (Å²) < 4.78 is 13.2. The topological polar surface area (TPSA) is 79.0 Å². The maximum absolute atomic E-state index is 11.2. The van der Waals surface area contributed by atoms with Crippen molar-refractivity contribution in [2.45, 2.75) is 82.3 Å². The molecule has 2 spiro atoms. The van der Waals surface area contributed by atoms with Crippen molar-refractivity contribution in [1.82, 2.24) is 9.88 Å². The van der Waals surface area contributed by atoms with Gasteiger partial charge in [-0.2, -0.15) is 0 Å². The van der Waals surface area contributed by atoms with Gasteiger partial charge in [-0.25, -0.2) is 4.98 Å². The number of benzene rings is 1. The lowest BCUT2D eigenvalue weighted by molar-refractivity contribution is -0.162. The molecule has 7 rings (SSSR count). The van der Waals surface area contributed by atoms with Gasteiger partial charge in [0.05, 0.1) is 17.3 Å². The van der Waals surface area contributed by atoms with E-state index in [9.17, 15) is 10.2 Å². The molecule has 5 aliphatic rings. The first-order chi connectivity index (χ1) is 17.1. The highest BCUT2D eigenvalue weighted by molar-refractivity contribution is 5.82. The van der Waals surface area contributed by atoms with Crippen molar-refractivity contribution in [3.8, 4) is 0 Å². The van der Waals surface area contributed by atoms with E-state index < -0.39 is 17.8 Å². The van der Waals surface area contributed by atoms with Crippen molar-refractivity contribution >= 4 is 16.7 Å². The van der Waals surface area contributed by atoms with Gasteiger partial charge in [-0.1, -0.05) is 30.7 Å². The first kappa shape index (κ1) is 22.9. The molecule has 0 radical (unpaired) electrons. The van der Waals surface area contributed by atoms with Crippen LogP contribution in [-0.2, 0) is 4.74 Å². The lowest BCUT2D eigenvalue weighted by Gasteiger charge is -2.56. The van der Waals surface area contributed by atoms with E-state index in [1.165, 1.54) is 22.3 Å². The van der Waals surface area contributed by atoms with Crippen LogP contribution in [-0.4, -0.2) is 63.6 Å². The van der Waals surface area contributed by atoms with E-state index in [2.05, 4.69) is 49.2 Å². The predicted molar refractivity (Wildman–Crippen MR) is 138 cm³/mol. The summed E-state index contributed by atoms with van der Waals surface area (Å²) >= 11 is 0. The quantitative estimate of drug-likeness (QED) is 0.646. The second kappa shape index (κ2) is 7.19. The Morgan fingerprint density at radius 1 is 1.14 bits per heavy atom. The molecule has 7 atom stereocenters. The van der Waals surface area contributed by atoms with E-state index in [0.717, 1.165) is 42.4 Å². The number of aromatic nitrogens is 1. The summed E-state index contributed by atoms with van der Waals surface area (Å²) in [6.07, 6.45) is 7.42. The molecule has 7 unspecified atom stereocenters. The molecular formula is C30H36N2O4. The van der Waals surface area contributed by atoms with Crippen molar-refractivity contribution in [1.29, 1.82) is 0 Å². The Morgan fingerprint density at radius 3 is 2.72 bits per heavy atom. The van der Waals surface area contributed by atoms with Crippen LogP contribution in [0.15, 0.2) is 51.5 Å². The fraction of sp³-hybridized carbons (Fsp3) is 0.567. The summed E-state index contributed by atoms with van der Waals surface area (Å²) in [6, 6.07) is 6.27. The average molecular weight is 489 g/mol. The standard InChI is InChI=1S/C30H36N2O4/c1-16-14-28(3)19(18-6-8-22-24(12-18)35-17(2)31-22)7-9-25(28)30-11-10-29(36-30)15-23(32(4)5)27(34)26(33)21(29)13-20(16)30/h6-8,12-13,23,25-27,33-34H,9-11,14-15H2,1-5H3. The predicted octanol–water partition coefficient (Wildman–Crippen LogP) is 4.55. The van der Waals surface area contributed by atoms with Crippen LogP contribution in [0.2, 0.25) is 0 Å². The minimum atomic E-state index is -0.898. The Bertz CT molecular complexity index is 1380. The minimum Gasteiger partial charge on any atom is -0.441 e. The number of aliphatic hydroxyl groups excluding tert-OH is 2. The zero-order valence-corrected chi connectivity index (χ0v) is 21.8. The van der Waals surface area contributed by atoms with Gasteiger partial charge in [0.1, 0.15) is 11.6 Å². The molecule has 1 aromatic carbocycles. The third kappa shape index (κ3) is 2.74. The number of aryl methyl sites for hydroxylation is 1. The highest BCUT2D eigenvalue weighted by Crippen LogP contribution is 2.69. The molecule has 1 saturated carbocycles. The molecule has 0 amide bonds. The van der Waals surface area contributed by atoms with E-state index in [4.69, 9.17) is 9.15 Å². The van der Waals surface area contributed by atoms with Crippen molar-refractivity contribution in [3.63, 3.8) is 0 Å². The number of nitrogens with zero attached hydrogens (tertiary/aromatic N) is 2. The molecule has 36 heavy (non-hydrogen) atoms. The molecule has 3 heterocycles. The Hall–Kier alpha value is -2.25. The lowest BCUT2D eigenvalue weighted by atomic mass is 9.56. The number of aliphatic hydroxyl groups is 2. The van der Waals surface area contributed by atoms with Gasteiger partial charge in [0.25, 0.3) is 0 Å². The summed E-state index contributed by atoms with van der Waals surface area (Å²) in [5.74, 6) is 1.02. The van der Waals surface area contributed by atoms with Gasteiger partial charge >= 0.3 is 0 Å². The zero-order valence-electron chi connectivity index (χ0n) is 21.8. The molecule has 6 heteroatoms. The maximum atomic E-state index is 11.2. The zero-order chi connectivity index (χ0) is 25.2. The van der Waals surface area contributed by atoms with E-state index in [1.54, 1.807) is 0 Å². The van der Waals surface area contributed by atoms with Crippen LogP contribution in [0.1, 0.15) is 57.4 Å². The Balaban J connectivity index is 1.33. The number of allylic oxidation sites excluding steroid dienone is 3. The monoisotopic (exact) mass is 488 g/mol. The fourth-order valence-electron chi connectivity index (χ4n) is 8.66. The van der Waals surface area contributed by atoms with Gasteiger partial charge in [-0.05, 0) is 87.5 Å². The first-order valence-corrected chi connectivity index (χ1v) is 13.3. The minimum absolute atomic E-state index is 0.0546. The van der Waals surface area contributed by atoms with Gasteiger partial charge in [-0.15, -0.1) is 0 Å². The van der Waals surface area contributed by atoms with Gasteiger partial charge in [-0.3, -0.25) is 0 Å². The number of hydrogen-bond donors (Lipinski definition) is 2. The molecule has 1 aromatic heterocycles. The molecule has 2 aliphatic heterocycles. The number of likely N-dealkylation sites (N-methyl/N-ethyl adjacent to an activating group) is 1. The summed E-state index contributed by atoms with van der Waals surface area (Å²) in [7, 11) is 3.96. The van der Waals surface area contributed by atoms with E-state index >= 15 is 0 Å². The number of ether oxygens (including phenoxy) is 1. The van der Waals surface area contributed by atoms with Crippen LogP contribution < -0.4 is 0 Å². The third-order valence-electron chi connectivity index (χ3n) is 10.2. The molecule has 2 aromatic rings. The maximum Gasteiger partial charge on any atom is 0.192 e. The second-order valence-corrected chi connectivity index (χ2v) is 12.4. The number of rotatable bonds is 2. The average Bonchev–Trinajstić information content (AvgIpc) is 3.46. The number of oxazole rings is 1. The molecule has 2 bridgehead atoms. The van der Waals surface area contributed by atoms with Crippen molar-refractivity contribution < 1.29 is 19.4 Å². The summed E-state index contributed by atoms with van der Waals surface area (Å²) in [5.41, 5.74) is 6.87. The summed E-state index contributed by atoms with van der Waals surface area (Å²) in [6.45, 7) is 6.54. The van der Waals surface area contributed by atoms with Crippen LogP contribution in [0.5, 0.6) is 0 Å². The molecular weight excluding hydrogens is 452 g/mol. The highest BCUT2D eigenvalue weighted by atomic mass is 16.5. The van der Waals surface area contributed by atoms with Gasteiger partial charge in [0.2, 0.25) is 0 Å². The Labute approximate surface area is 212 Å². The van der Waals surface area contributed by atoms with E-state index in [1.807, 2.05) is 25.9 Å². The molecule has 2 fully saturated rings. The number of fused-ring (bicyclic) bond motifs is 2. The van der Waals surface area contributed by atoms with E-state index in [0.29, 0.717) is 18.2 Å². The fourth-order valence-corrected chi connectivity index (χ4v) is 8.66. The smallest absolute Gasteiger partial charge is 0.192 e. The molecule has 6 nitrogen and oxygen atoms in total. The molecule has 190 valence electrons. The van der Waals surface area contributed by atoms with Gasteiger partial charge in [0.15, 0.2) is 11.5 Å². The van der Waals surface area contributed by atoms with Gasteiger partial charge < -0.3 is 24.3 Å². The van der Waals surface area contributed by atoms with Crippen LogP contribution in [0.4, 0.5) is 0 Å². The Morgan fingerprint density at radius 2 is 1.94 bits per heavy atom. The molecule has 3 aliphatic carbocycles. The third-order valence-corrected chi connectivity index (χ3v) is 10.2. The van der Waals surface area contributed by atoms with Crippen LogP contribution in [0.25, 0.3) is 16.7 Å². The molecule has 2 N–H and O–H groups in total. The highest BCUT2D eigenvalue weighted by Gasteiger charge is 2.68. The largest absolute Gasteiger partial charge is 0.441 e. The van der Waals surface area contributed by atoms with Crippen LogP contribution >= 0.6 is 0 Å². The van der Waals surface area contributed by atoms with E-state index in [-0.39, 0.29) is 17.1 Å². The normalized spacial score (nSPS) is 41.3. The summed E-state index contributed by atoms with van der Waals surface area (Å²) in [5, 5.41) is 22.2. The van der Waals surface area contributed by atoms with Crippen LogP contribution in [0.3, 0.4) is 0 Å². The van der Waals surface area contributed by atoms with Crippen molar-refractivity contribution in [2.24, 2.45) is 11.3 Å². The lowest BCUT2D eigenvalue weighted by Crippen LogP contribution is -2.62. The molecule has 1 saturated heterocycles. The number of hydrogen-bond acceptors (Lipinski definition) is 6. The van der Waals surface area contributed by atoms with Crippen LogP contribution in [0, 0.1) is 18.3 Å². The van der Waals surface area contributed by atoms with Crippen molar-refractivity contribution in [2.75, 3.05) is 14.1 Å². The second-order valence-electron chi connectivity index (χ2n) is 12.4. The Kier molecular flexibility index (Phi) is 4.58. The van der Waals surface area contributed by atoms with Crippen molar-refractivity contribution in [3.05, 3.63) is 58.5 Å². The van der Waals surface area contributed by atoms with Gasteiger partial charge in [0, 0.05) is 24.3 Å².